The molecule has 27 heavy (non-hydrogen) atoms. The van der Waals surface area contributed by atoms with E-state index < -0.39 is 18.0 Å². The van der Waals surface area contributed by atoms with Crippen LogP contribution in [0.4, 0.5) is 4.79 Å². The lowest BCUT2D eigenvalue weighted by molar-refractivity contribution is -0.132. The van der Waals surface area contributed by atoms with E-state index >= 15 is 0 Å². The number of carbonyl (C=O) groups excluding carboxylic acids is 3. The number of carbonyl (C=O) groups is 3. The quantitative estimate of drug-likeness (QED) is 0.719. The molecule has 1 aliphatic rings. The zero-order valence-corrected chi connectivity index (χ0v) is 15.4. The molecule has 140 valence electrons. The second-order valence-corrected chi connectivity index (χ2v) is 6.79. The van der Waals surface area contributed by atoms with Gasteiger partial charge in [0.2, 0.25) is 5.91 Å². The number of halogens is 1. The van der Waals surface area contributed by atoms with Crippen LogP contribution in [0.25, 0.3) is 0 Å². The SMILES string of the molecule is O=C(CN1C(=O)N[C@@H](CCc2ccccc2)C1=O)NCc1ccc(Cl)cc1. The number of imide groups is 1. The highest BCUT2D eigenvalue weighted by Crippen LogP contribution is 2.13. The highest BCUT2D eigenvalue weighted by Gasteiger charge is 2.38. The molecule has 1 saturated heterocycles. The van der Waals surface area contributed by atoms with Gasteiger partial charge in [0.05, 0.1) is 0 Å². The summed E-state index contributed by atoms with van der Waals surface area (Å²) in [6.45, 7) is 0.0111. The fourth-order valence-corrected chi connectivity index (χ4v) is 3.01. The number of amides is 4. The summed E-state index contributed by atoms with van der Waals surface area (Å²) < 4.78 is 0. The molecule has 1 atom stereocenters. The summed E-state index contributed by atoms with van der Waals surface area (Å²) >= 11 is 5.82. The maximum atomic E-state index is 12.4. The molecule has 6 nitrogen and oxygen atoms in total. The Bertz CT molecular complexity index is 824. The second kappa shape index (κ2) is 8.68. The first-order valence-corrected chi connectivity index (χ1v) is 9.07. The fourth-order valence-electron chi connectivity index (χ4n) is 2.88. The van der Waals surface area contributed by atoms with Gasteiger partial charge in [-0.1, -0.05) is 54.1 Å². The first kappa shape index (κ1) is 18.9. The summed E-state index contributed by atoms with van der Waals surface area (Å²) in [6, 6.07) is 15.7. The average molecular weight is 386 g/mol. The Kier molecular flexibility index (Phi) is 6.08. The van der Waals surface area contributed by atoms with Crippen molar-refractivity contribution in [1.82, 2.24) is 15.5 Å². The average Bonchev–Trinajstić information content (AvgIpc) is 2.94. The summed E-state index contributed by atoms with van der Waals surface area (Å²) in [6.07, 6.45) is 1.17. The van der Waals surface area contributed by atoms with Crippen LogP contribution in [0.1, 0.15) is 17.5 Å². The van der Waals surface area contributed by atoms with Crippen LogP contribution < -0.4 is 10.6 Å². The van der Waals surface area contributed by atoms with Crippen molar-refractivity contribution in [2.24, 2.45) is 0 Å². The minimum Gasteiger partial charge on any atom is -0.350 e. The van der Waals surface area contributed by atoms with Crippen molar-refractivity contribution in [2.45, 2.75) is 25.4 Å². The normalized spacial score (nSPS) is 16.3. The Morgan fingerprint density at radius 2 is 1.74 bits per heavy atom. The van der Waals surface area contributed by atoms with E-state index in [1.165, 1.54) is 0 Å². The molecule has 3 rings (SSSR count). The van der Waals surface area contributed by atoms with Crippen LogP contribution in [0, 0.1) is 0 Å². The lowest BCUT2D eigenvalue weighted by Gasteiger charge is -2.13. The van der Waals surface area contributed by atoms with Crippen LogP contribution in [-0.2, 0) is 22.6 Å². The van der Waals surface area contributed by atoms with Gasteiger partial charge in [-0.25, -0.2) is 4.79 Å². The Labute approximate surface area is 162 Å². The molecule has 1 heterocycles. The predicted molar refractivity (Wildman–Crippen MR) is 102 cm³/mol. The number of rotatable bonds is 7. The molecule has 0 unspecified atom stereocenters. The van der Waals surface area contributed by atoms with Crippen LogP contribution in [0.15, 0.2) is 54.6 Å². The number of nitrogens with zero attached hydrogens (tertiary/aromatic N) is 1. The fraction of sp³-hybridized carbons (Fsp3) is 0.250. The third kappa shape index (κ3) is 5.08. The van der Waals surface area contributed by atoms with Crippen LogP contribution in [0.2, 0.25) is 5.02 Å². The predicted octanol–water partition coefficient (Wildman–Crippen LogP) is 2.51. The summed E-state index contributed by atoms with van der Waals surface area (Å²) in [5.41, 5.74) is 1.98. The van der Waals surface area contributed by atoms with Gasteiger partial charge in [-0.15, -0.1) is 0 Å². The second-order valence-electron chi connectivity index (χ2n) is 6.35. The Morgan fingerprint density at radius 1 is 1.04 bits per heavy atom. The molecule has 2 aromatic carbocycles. The van der Waals surface area contributed by atoms with Gasteiger partial charge < -0.3 is 10.6 Å². The zero-order chi connectivity index (χ0) is 19.2. The van der Waals surface area contributed by atoms with Gasteiger partial charge in [0.15, 0.2) is 0 Å². The zero-order valence-electron chi connectivity index (χ0n) is 14.7. The van der Waals surface area contributed by atoms with Gasteiger partial charge >= 0.3 is 6.03 Å². The third-order valence-electron chi connectivity index (χ3n) is 4.38. The lowest BCUT2D eigenvalue weighted by Crippen LogP contribution is -2.41. The van der Waals surface area contributed by atoms with Crippen molar-refractivity contribution in [3.8, 4) is 0 Å². The first-order chi connectivity index (χ1) is 13.0. The van der Waals surface area contributed by atoms with E-state index in [4.69, 9.17) is 11.6 Å². The van der Waals surface area contributed by atoms with E-state index in [0.717, 1.165) is 16.0 Å². The van der Waals surface area contributed by atoms with Crippen molar-refractivity contribution in [3.63, 3.8) is 0 Å². The van der Waals surface area contributed by atoms with Crippen LogP contribution >= 0.6 is 11.6 Å². The smallest absolute Gasteiger partial charge is 0.325 e. The van der Waals surface area contributed by atoms with Crippen LogP contribution in [0.3, 0.4) is 0 Å². The third-order valence-corrected chi connectivity index (χ3v) is 4.63. The monoisotopic (exact) mass is 385 g/mol. The molecule has 0 saturated carbocycles. The molecule has 0 spiro atoms. The van der Waals surface area contributed by atoms with E-state index in [-0.39, 0.29) is 12.5 Å². The highest BCUT2D eigenvalue weighted by molar-refractivity contribution is 6.30. The Balaban J connectivity index is 1.49. The highest BCUT2D eigenvalue weighted by atomic mass is 35.5. The van der Waals surface area contributed by atoms with Gasteiger partial charge in [-0.2, -0.15) is 0 Å². The molecule has 4 amide bonds. The number of aryl methyl sites for hydroxylation is 1. The molecule has 0 bridgehead atoms. The van der Waals surface area contributed by atoms with Crippen molar-refractivity contribution >= 4 is 29.4 Å². The van der Waals surface area contributed by atoms with Crippen molar-refractivity contribution in [3.05, 3.63) is 70.7 Å². The van der Waals surface area contributed by atoms with Gasteiger partial charge in [-0.3, -0.25) is 14.5 Å². The summed E-state index contributed by atoms with van der Waals surface area (Å²) in [5.74, 6) is -0.755. The molecule has 2 aromatic rings. The summed E-state index contributed by atoms with van der Waals surface area (Å²) in [4.78, 5) is 37.6. The van der Waals surface area contributed by atoms with E-state index in [1.54, 1.807) is 24.3 Å². The lowest BCUT2D eigenvalue weighted by atomic mass is 10.1. The Morgan fingerprint density at radius 3 is 2.44 bits per heavy atom. The molecular weight excluding hydrogens is 366 g/mol. The standard InChI is InChI=1S/C20H20ClN3O3/c21-16-9-6-15(7-10-16)12-22-18(25)13-24-19(26)17(23-20(24)27)11-8-14-4-2-1-3-5-14/h1-7,9-10,17H,8,11-13H2,(H,22,25)(H,23,27)/t17-/m0/s1. The molecule has 0 aromatic heterocycles. The summed E-state index contributed by atoms with van der Waals surface area (Å²) in [5, 5.41) is 5.97. The first-order valence-electron chi connectivity index (χ1n) is 8.70. The van der Waals surface area contributed by atoms with Crippen molar-refractivity contribution in [1.29, 1.82) is 0 Å². The molecule has 0 aliphatic carbocycles. The Hall–Kier alpha value is -2.86. The number of urea groups is 1. The van der Waals surface area contributed by atoms with E-state index in [9.17, 15) is 14.4 Å². The maximum Gasteiger partial charge on any atom is 0.325 e. The maximum absolute atomic E-state index is 12.4. The van der Waals surface area contributed by atoms with E-state index in [0.29, 0.717) is 24.4 Å². The number of benzene rings is 2. The van der Waals surface area contributed by atoms with Gasteiger partial charge in [-0.05, 0) is 36.1 Å². The number of nitrogens with one attached hydrogen (secondary N) is 2. The summed E-state index contributed by atoms with van der Waals surface area (Å²) in [7, 11) is 0. The molecule has 7 heteroatoms. The largest absolute Gasteiger partial charge is 0.350 e. The molecule has 2 N–H and O–H groups in total. The van der Waals surface area contributed by atoms with Gasteiger partial charge in [0.1, 0.15) is 12.6 Å². The molecule has 0 radical (unpaired) electrons. The minimum atomic E-state index is -0.596. The number of hydrogen-bond donors (Lipinski definition) is 2. The van der Waals surface area contributed by atoms with Crippen LogP contribution in [-0.4, -0.2) is 35.3 Å². The van der Waals surface area contributed by atoms with E-state index in [1.807, 2.05) is 30.3 Å². The van der Waals surface area contributed by atoms with Gasteiger partial charge in [0.25, 0.3) is 5.91 Å². The van der Waals surface area contributed by atoms with Crippen LogP contribution in [0.5, 0.6) is 0 Å². The van der Waals surface area contributed by atoms with Crippen molar-refractivity contribution < 1.29 is 14.4 Å². The minimum absolute atomic E-state index is 0.292. The molecule has 1 aliphatic heterocycles. The van der Waals surface area contributed by atoms with E-state index in [2.05, 4.69) is 10.6 Å². The van der Waals surface area contributed by atoms with Gasteiger partial charge in [0, 0.05) is 11.6 Å². The molecular formula is C20H20ClN3O3. The molecule has 1 fully saturated rings. The topological polar surface area (TPSA) is 78.5 Å². The number of hydrogen-bond acceptors (Lipinski definition) is 3. The van der Waals surface area contributed by atoms with Crippen molar-refractivity contribution in [2.75, 3.05) is 6.54 Å².